The van der Waals surface area contributed by atoms with Crippen LogP contribution in [0.15, 0.2) is 63.7 Å². The zero-order valence-corrected chi connectivity index (χ0v) is 17.3. The van der Waals surface area contributed by atoms with Crippen molar-refractivity contribution in [2.24, 2.45) is 10.2 Å². The van der Waals surface area contributed by atoms with E-state index in [1.165, 1.54) is 11.8 Å². The number of hydrogen-bond acceptors (Lipinski definition) is 6. The molecule has 1 amide bonds. The second kappa shape index (κ2) is 12.2. The average molecular weight is 401 g/mol. The molecule has 0 atom stereocenters. The fourth-order valence-electron chi connectivity index (χ4n) is 2.44. The van der Waals surface area contributed by atoms with Crippen LogP contribution in [0.5, 0.6) is 0 Å². The van der Waals surface area contributed by atoms with E-state index in [0.29, 0.717) is 6.54 Å². The van der Waals surface area contributed by atoms with Crippen molar-refractivity contribution in [3.8, 4) is 0 Å². The summed E-state index contributed by atoms with van der Waals surface area (Å²) < 4.78 is 0. The van der Waals surface area contributed by atoms with E-state index >= 15 is 0 Å². The Morgan fingerprint density at radius 3 is 2.07 bits per heavy atom. The van der Waals surface area contributed by atoms with Crippen LogP contribution in [-0.2, 0) is 0 Å². The third kappa shape index (κ3) is 8.10. The average Bonchev–Trinajstić information content (AvgIpc) is 2.70. The molecule has 7 heteroatoms. The fourth-order valence-corrected chi connectivity index (χ4v) is 3.10. The summed E-state index contributed by atoms with van der Waals surface area (Å²) in [6, 6.07) is 15.3. The zero-order valence-electron chi connectivity index (χ0n) is 16.5. The highest BCUT2D eigenvalue weighted by atomic mass is 32.2. The molecule has 2 rings (SSSR count). The molecule has 0 radical (unpaired) electrons. The first-order chi connectivity index (χ1) is 13.6. The lowest BCUT2D eigenvalue weighted by Gasteiger charge is -2.11. The lowest BCUT2D eigenvalue weighted by atomic mass is 10.2. The lowest BCUT2D eigenvalue weighted by molar-refractivity contribution is 0.260. The van der Waals surface area contributed by atoms with Crippen LogP contribution >= 0.6 is 11.8 Å². The SMILES string of the molecule is CN(C)c1ccc(N=Nc2ccc(SC(=O)NCCCCCCO)cc2)cc1. The second-order valence-corrected chi connectivity index (χ2v) is 7.61. The minimum absolute atomic E-state index is 0.0579. The highest BCUT2D eigenvalue weighted by Crippen LogP contribution is 2.24. The van der Waals surface area contributed by atoms with E-state index in [9.17, 15) is 4.79 Å². The third-order valence-electron chi connectivity index (χ3n) is 4.05. The van der Waals surface area contributed by atoms with Gasteiger partial charge in [0.15, 0.2) is 0 Å². The quantitative estimate of drug-likeness (QED) is 0.313. The summed E-state index contributed by atoms with van der Waals surface area (Å²) in [4.78, 5) is 14.8. The maximum absolute atomic E-state index is 11.9. The van der Waals surface area contributed by atoms with Gasteiger partial charge in [-0.05, 0) is 73.1 Å². The van der Waals surface area contributed by atoms with Crippen LogP contribution in [0.25, 0.3) is 0 Å². The van der Waals surface area contributed by atoms with Gasteiger partial charge in [0.2, 0.25) is 0 Å². The van der Waals surface area contributed by atoms with Gasteiger partial charge in [-0.1, -0.05) is 12.8 Å². The number of thioether (sulfide) groups is 1. The Labute approximate surface area is 171 Å². The number of anilines is 1. The largest absolute Gasteiger partial charge is 0.396 e. The van der Waals surface area contributed by atoms with Crippen molar-refractivity contribution < 1.29 is 9.90 Å². The summed E-state index contributed by atoms with van der Waals surface area (Å²) in [5, 5.41) is 20.1. The van der Waals surface area contributed by atoms with Gasteiger partial charge >= 0.3 is 0 Å². The number of azo groups is 1. The minimum Gasteiger partial charge on any atom is -0.396 e. The Kier molecular flexibility index (Phi) is 9.51. The third-order valence-corrected chi connectivity index (χ3v) is 4.89. The number of aliphatic hydroxyl groups is 1. The number of unbranched alkanes of at least 4 members (excludes halogenated alkanes) is 3. The Balaban J connectivity index is 1.77. The molecule has 2 aromatic rings. The molecule has 0 saturated carbocycles. The number of carbonyl (C=O) groups excluding carboxylic acids is 1. The molecule has 0 aromatic heterocycles. The molecule has 0 aliphatic carbocycles. The van der Waals surface area contributed by atoms with Crippen LogP contribution in [0.1, 0.15) is 25.7 Å². The summed E-state index contributed by atoms with van der Waals surface area (Å²) in [5.74, 6) is 0. The number of hydrogen-bond donors (Lipinski definition) is 2. The van der Waals surface area contributed by atoms with Gasteiger partial charge in [0, 0.05) is 37.8 Å². The molecule has 0 aliphatic rings. The first-order valence-corrected chi connectivity index (χ1v) is 10.3. The molecule has 0 fully saturated rings. The minimum atomic E-state index is -0.0579. The van der Waals surface area contributed by atoms with Gasteiger partial charge in [-0.25, -0.2) is 0 Å². The summed E-state index contributed by atoms with van der Waals surface area (Å²) >= 11 is 1.17. The molecule has 0 saturated heterocycles. The molecule has 0 bridgehead atoms. The monoisotopic (exact) mass is 400 g/mol. The number of aliphatic hydroxyl groups excluding tert-OH is 1. The standard InChI is InChI=1S/C21H28N4O2S/c1-25(2)19-11-7-17(8-12-19)23-24-18-9-13-20(14-10-18)28-21(27)22-15-5-3-4-6-16-26/h7-14,26H,3-6,15-16H2,1-2H3,(H,22,27). The number of rotatable bonds is 10. The Hall–Kier alpha value is -2.38. The van der Waals surface area contributed by atoms with Gasteiger partial charge in [0.05, 0.1) is 11.4 Å². The first kappa shape index (κ1) is 21.9. The summed E-state index contributed by atoms with van der Waals surface area (Å²) in [6.45, 7) is 0.899. The van der Waals surface area contributed by atoms with Crippen molar-refractivity contribution in [1.82, 2.24) is 5.32 Å². The van der Waals surface area contributed by atoms with Crippen LogP contribution in [-0.4, -0.2) is 37.6 Å². The van der Waals surface area contributed by atoms with Crippen LogP contribution in [0, 0.1) is 0 Å². The molecule has 0 aliphatic heterocycles. The lowest BCUT2D eigenvalue weighted by Crippen LogP contribution is -2.19. The number of carbonyl (C=O) groups is 1. The van der Waals surface area contributed by atoms with Gasteiger partial charge in [-0.2, -0.15) is 10.2 Å². The van der Waals surface area contributed by atoms with Crippen molar-refractivity contribution in [2.45, 2.75) is 30.6 Å². The van der Waals surface area contributed by atoms with Crippen LogP contribution in [0.4, 0.5) is 21.9 Å². The second-order valence-electron chi connectivity index (χ2n) is 6.56. The van der Waals surface area contributed by atoms with E-state index in [-0.39, 0.29) is 11.8 Å². The number of benzene rings is 2. The van der Waals surface area contributed by atoms with Gasteiger partial charge in [-0.15, -0.1) is 0 Å². The molecule has 150 valence electrons. The van der Waals surface area contributed by atoms with E-state index in [1.807, 2.05) is 67.5 Å². The van der Waals surface area contributed by atoms with E-state index in [0.717, 1.165) is 47.6 Å². The fraction of sp³-hybridized carbons (Fsp3) is 0.381. The normalized spacial score (nSPS) is 11.0. The molecule has 28 heavy (non-hydrogen) atoms. The summed E-state index contributed by atoms with van der Waals surface area (Å²) in [7, 11) is 3.99. The highest BCUT2D eigenvalue weighted by molar-refractivity contribution is 8.13. The summed E-state index contributed by atoms with van der Waals surface area (Å²) in [6.07, 6.45) is 3.77. The number of nitrogens with one attached hydrogen (secondary N) is 1. The van der Waals surface area contributed by atoms with E-state index in [2.05, 4.69) is 15.5 Å². The number of nitrogens with zero attached hydrogens (tertiary/aromatic N) is 3. The van der Waals surface area contributed by atoms with Crippen LogP contribution in [0.3, 0.4) is 0 Å². The molecule has 0 unspecified atom stereocenters. The van der Waals surface area contributed by atoms with Crippen LogP contribution in [0.2, 0.25) is 0 Å². The topological polar surface area (TPSA) is 77.3 Å². The van der Waals surface area contributed by atoms with Crippen LogP contribution < -0.4 is 10.2 Å². The zero-order chi connectivity index (χ0) is 20.2. The molecule has 0 spiro atoms. The Morgan fingerprint density at radius 1 is 0.929 bits per heavy atom. The van der Waals surface area contributed by atoms with Crippen molar-refractivity contribution in [3.63, 3.8) is 0 Å². The van der Waals surface area contributed by atoms with Crippen molar-refractivity contribution in [1.29, 1.82) is 0 Å². The molecular weight excluding hydrogens is 372 g/mol. The smallest absolute Gasteiger partial charge is 0.283 e. The van der Waals surface area contributed by atoms with E-state index in [4.69, 9.17) is 5.11 Å². The Morgan fingerprint density at radius 2 is 1.50 bits per heavy atom. The van der Waals surface area contributed by atoms with Gasteiger partial charge in [0.25, 0.3) is 5.24 Å². The molecule has 2 aromatic carbocycles. The van der Waals surface area contributed by atoms with Crippen molar-refractivity contribution in [2.75, 3.05) is 32.1 Å². The van der Waals surface area contributed by atoms with E-state index < -0.39 is 0 Å². The van der Waals surface area contributed by atoms with E-state index in [1.54, 1.807) is 0 Å². The summed E-state index contributed by atoms with van der Waals surface area (Å²) in [5.41, 5.74) is 2.65. The molecule has 6 nitrogen and oxygen atoms in total. The highest BCUT2D eigenvalue weighted by Gasteiger charge is 2.04. The number of amides is 1. The van der Waals surface area contributed by atoms with Gasteiger partial charge in [-0.3, -0.25) is 4.79 Å². The van der Waals surface area contributed by atoms with Crippen molar-refractivity contribution in [3.05, 3.63) is 48.5 Å². The maximum Gasteiger partial charge on any atom is 0.283 e. The van der Waals surface area contributed by atoms with Crippen molar-refractivity contribution >= 4 is 34.1 Å². The predicted octanol–water partition coefficient (Wildman–Crippen LogP) is 5.52. The Bertz CT molecular complexity index is 746. The van der Waals surface area contributed by atoms with Gasteiger partial charge in [0.1, 0.15) is 0 Å². The molecule has 0 heterocycles. The predicted molar refractivity (Wildman–Crippen MR) is 116 cm³/mol. The maximum atomic E-state index is 11.9. The first-order valence-electron chi connectivity index (χ1n) is 9.44. The molecular formula is C21H28N4O2S. The van der Waals surface area contributed by atoms with Gasteiger partial charge < -0.3 is 15.3 Å². The molecule has 2 N–H and O–H groups in total.